The summed E-state index contributed by atoms with van der Waals surface area (Å²) in [6.45, 7) is 3.31. The van der Waals surface area contributed by atoms with E-state index >= 15 is 0 Å². The minimum Gasteiger partial charge on any atom is -0.384 e. The number of hydrogen-bond acceptors (Lipinski definition) is 4. The molecule has 6 heteroatoms. The van der Waals surface area contributed by atoms with Gasteiger partial charge in [0.15, 0.2) is 0 Å². The number of nitrogens with two attached hydrogens (primary N) is 2. The highest BCUT2D eigenvalue weighted by atomic mass is 15.1. The molecule has 0 spiro atoms. The van der Waals surface area contributed by atoms with Crippen molar-refractivity contribution in [3.63, 3.8) is 0 Å². The van der Waals surface area contributed by atoms with Gasteiger partial charge in [-0.05, 0) is 13.8 Å². The first-order valence-electron chi connectivity index (χ1n) is 3.87. The number of nitrogens with zero attached hydrogens (tertiary/aromatic N) is 2. The van der Waals surface area contributed by atoms with E-state index in [1.54, 1.807) is 13.8 Å². The lowest BCUT2D eigenvalue weighted by Gasteiger charge is -1.92. The summed E-state index contributed by atoms with van der Waals surface area (Å²) in [5.74, 6) is -0.0903. The van der Waals surface area contributed by atoms with Gasteiger partial charge >= 0.3 is 0 Å². The van der Waals surface area contributed by atoms with Gasteiger partial charge in [0.25, 0.3) is 0 Å². The molecule has 6 N–H and O–H groups in total. The number of nitrogens with one attached hydrogen (secondary N) is 2. The van der Waals surface area contributed by atoms with Crippen molar-refractivity contribution in [1.82, 2.24) is 0 Å². The molecule has 0 fully saturated rings. The lowest BCUT2D eigenvalue weighted by atomic mass is 10.3. The zero-order chi connectivity index (χ0) is 11.1. The Balaban J connectivity index is 4.35. The molecule has 0 aromatic rings. The standard InChI is InChI=1S/C8H14N6/c1-5(7(9)10)3-13-14-4-6(2)8(11)12/h3-4H,1-2H3,(H3,9,10)(H3,11,12). The molecule has 0 aromatic heterocycles. The van der Waals surface area contributed by atoms with Crippen molar-refractivity contribution in [3.05, 3.63) is 23.5 Å². The van der Waals surface area contributed by atoms with E-state index in [0.29, 0.717) is 11.1 Å². The highest BCUT2D eigenvalue weighted by molar-refractivity contribution is 5.94. The normalized spacial score (nSPS) is 13.3. The Hall–Kier alpha value is -1.98. The molecule has 0 unspecified atom stereocenters. The van der Waals surface area contributed by atoms with Gasteiger partial charge in [-0.2, -0.15) is 10.2 Å². The van der Waals surface area contributed by atoms with E-state index in [9.17, 15) is 0 Å². The van der Waals surface area contributed by atoms with Crippen molar-refractivity contribution in [2.75, 3.05) is 0 Å². The molecule has 0 aliphatic rings. The highest BCUT2D eigenvalue weighted by Gasteiger charge is 1.90. The summed E-state index contributed by atoms with van der Waals surface area (Å²) >= 11 is 0. The second-order valence-electron chi connectivity index (χ2n) is 2.68. The molecule has 0 bridgehead atoms. The van der Waals surface area contributed by atoms with Crippen LogP contribution < -0.4 is 11.5 Å². The van der Waals surface area contributed by atoms with Crippen molar-refractivity contribution in [2.45, 2.75) is 13.8 Å². The van der Waals surface area contributed by atoms with Crippen LogP contribution in [-0.2, 0) is 0 Å². The summed E-state index contributed by atoms with van der Waals surface area (Å²) in [5, 5.41) is 21.3. The molecule has 0 rings (SSSR count). The number of hydrogen-bond donors (Lipinski definition) is 4. The molecule has 0 aliphatic carbocycles. The van der Waals surface area contributed by atoms with Crippen molar-refractivity contribution in [3.8, 4) is 0 Å². The number of amidine groups is 2. The molecule has 0 saturated carbocycles. The molecule has 0 aromatic carbocycles. The fourth-order valence-corrected chi connectivity index (χ4v) is 0.379. The van der Waals surface area contributed by atoms with Crippen LogP contribution in [0, 0.1) is 10.8 Å². The summed E-state index contributed by atoms with van der Waals surface area (Å²) in [6, 6.07) is 0. The molecule has 0 heterocycles. The fourth-order valence-electron chi connectivity index (χ4n) is 0.379. The predicted molar refractivity (Wildman–Crippen MR) is 56.2 cm³/mol. The van der Waals surface area contributed by atoms with Crippen LogP contribution in [0.4, 0.5) is 0 Å². The van der Waals surface area contributed by atoms with Crippen molar-refractivity contribution in [2.24, 2.45) is 21.7 Å². The summed E-state index contributed by atoms with van der Waals surface area (Å²) < 4.78 is 0. The van der Waals surface area contributed by atoms with Crippen LogP contribution >= 0.6 is 0 Å². The summed E-state index contributed by atoms with van der Waals surface area (Å²) in [4.78, 5) is 0. The van der Waals surface area contributed by atoms with Crippen molar-refractivity contribution < 1.29 is 0 Å². The average Bonchev–Trinajstić information content (AvgIpc) is 2.11. The maximum atomic E-state index is 7.03. The Morgan fingerprint density at radius 3 is 1.43 bits per heavy atom. The van der Waals surface area contributed by atoms with Crippen molar-refractivity contribution >= 4 is 11.7 Å². The Morgan fingerprint density at radius 2 is 1.21 bits per heavy atom. The van der Waals surface area contributed by atoms with Gasteiger partial charge in [0.05, 0.1) is 12.4 Å². The Kier molecular flexibility index (Phi) is 4.83. The molecule has 0 saturated heterocycles. The van der Waals surface area contributed by atoms with Gasteiger partial charge in [-0.25, -0.2) is 0 Å². The molecular weight excluding hydrogens is 180 g/mol. The zero-order valence-corrected chi connectivity index (χ0v) is 8.20. The Bertz CT molecular complexity index is 291. The lowest BCUT2D eigenvalue weighted by Crippen LogP contribution is -2.10. The SMILES string of the molecule is CC(=CN=NC=C(C)C(=N)N)C(=N)N. The van der Waals surface area contributed by atoms with E-state index in [4.69, 9.17) is 22.3 Å². The molecule has 0 amide bonds. The predicted octanol–water partition coefficient (Wildman–Crippen LogP) is 1.12. The van der Waals surface area contributed by atoms with Gasteiger partial charge in [0.1, 0.15) is 11.7 Å². The van der Waals surface area contributed by atoms with Gasteiger partial charge < -0.3 is 11.5 Å². The summed E-state index contributed by atoms with van der Waals surface area (Å²) in [6.07, 6.45) is 2.73. The quantitative estimate of drug-likeness (QED) is 0.304. The van der Waals surface area contributed by atoms with Gasteiger partial charge in [-0.1, -0.05) is 0 Å². The van der Waals surface area contributed by atoms with Crippen LogP contribution in [0.15, 0.2) is 33.8 Å². The molecule has 0 radical (unpaired) electrons. The Labute approximate surface area is 82.4 Å². The number of azo groups is 1. The topological polar surface area (TPSA) is 124 Å². The summed E-state index contributed by atoms with van der Waals surface area (Å²) in [7, 11) is 0. The van der Waals surface area contributed by atoms with Crippen LogP contribution in [0.1, 0.15) is 13.8 Å². The number of rotatable bonds is 4. The average molecular weight is 194 g/mol. The maximum absolute atomic E-state index is 7.03. The first-order valence-corrected chi connectivity index (χ1v) is 3.87. The zero-order valence-electron chi connectivity index (χ0n) is 8.20. The monoisotopic (exact) mass is 194 g/mol. The fraction of sp³-hybridized carbons (Fsp3) is 0.250. The van der Waals surface area contributed by atoms with Gasteiger partial charge in [-0.3, -0.25) is 10.8 Å². The van der Waals surface area contributed by atoms with Crippen LogP contribution in [0.3, 0.4) is 0 Å². The molecule has 76 valence electrons. The van der Waals surface area contributed by atoms with E-state index in [2.05, 4.69) is 10.2 Å². The van der Waals surface area contributed by atoms with E-state index in [0.717, 1.165) is 0 Å². The third-order valence-corrected chi connectivity index (χ3v) is 1.42. The lowest BCUT2D eigenvalue weighted by molar-refractivity contribution is 1.19. The Morgan fingerprint density at radius 1 is 0.929 bits per heavy atom. The smallest absolute Gasteiger partial charge is 0.119 e. The molecule has 14 heavy (non-hydrogen) atoms. The van der Waals surface area contributed by atoms with Gasteiger partial charge in [-0.15, -0.1) is 0 Å². The van der Waals surface area contributed by atoms with E-state index in [-0.39, 0.29) is 11.7 Å². The second-order valence-corrected chi connectivity index (χ2v) is 2.68. The second kappa shape index (κ2) is 5.63. The van der Waals surface area contributed by atoms with Crippen LogP contribution in [0.5, 0.6) is 0 Å². The third kappa shape index (κ3) is 4.81. The highest BCUT2D eigenvalue weighted by Crippen LogP contribution is 1.95. The van der Waals surface area contributed by atoms with Crippen LogP contribution in [0.2, 0.25) is 0 Å². The van der Waals surface area contributed by atoms with E-state index in [1.807, 2.05) is 0 Å². The van der Waals surface area contributed by atoms with Gasteiger partial charge in [0, 0.05) is 11.1 Å². The first-order chi connectivity index (χ1) is 6.45. The van der Waals surface area contributed by atoms with Gasteiger partial charge in [0.2, 0.25) is 0 Å². The maximum Gasteiger partial charge on any atom is 0.119 e. The molecule has 0 aliphatic heterocycles. The minimum absolute atomic E-state index is 0.0452. The van der Waals surface area contributed by atoms with Crippen LogP contribution in [-0.4, -0.2) is 11.7 Å². The van der Waals surface area contributed by atoms with E-state index < -0.39 is 0 Å². The van der Waals surface area contributed by atoms with Crippen molar-refractivity contribution in [1.29, 1.82) is 10.8 Å². The summed E-state index contributed by atoms with van der Waals surface area (Å²) in [5.41, 5.74) is 11.4. The third-order valence-electron chi connectivity index (χ3n) is 1.42. The first kappa shape index (κ1) is 12.0. The van der Waals surface area contributed by atoms with E-state index in [1.165, 1.54) is 12.4 Å². The molecule has 0 atom stereocenters. The van der Waals surface area contributed by atoms with Crippen LogP contribution in [0.25, 0.3) is 0 Å². The molecule has 6 nitrogen and oxygen atoms in total. The largest absolute Gasteiger partial charge is 0.384 e. The minimum atomic E-state index is -0.0452. The molecular formula is C8H14N6.